The monoisotopic (exact) mass is 358 g/mol. The van der Waals surface area contributed by atoms with Gasteiger partial charge in [0, 0.05) is 31.6 Å². The van der Waals surface area contributed by atoms with Crippen LogP contribution in [0.5, 0.6) is 0 Å². The first-order valence-electron chi connectivity index (χ1n) is 8.48. The summed E-state index contributed by atoms with van der Waals surface area (Å²) < 4.78 is 5.40. The molecule has 1 amide bonds. The lowest BCUT2D eigenvalue weighted by Gasteiger charge is -2.37. The summed E-state index contributed by atoms with van der Waals surface area (Å²) in [7, 11) is 0. The average Bonchev–Trinajstić information content (AvgIpc) is 2.59. The Balaban J connectivity index is 1.84. The van der Waals surface area contributed by atoms with Gasteiger partial charge in [-0.3, -0.25) is 0 Å². The predicted molar refractivity (Wildman–Crippen MR) is 96.5 cm³/mol. The topological polar surface area (TPSA) is 95.9 Å². The molecule has 2 heterocycles. The van der Waals surface area contributed by atoms with E-state index in [-0.39, 0.29) is 11.8 Å². The molecule has 0 aliphatic carbocycles. The Hall–Kier alpha value is -2.90. The maximum Gasteiger partial charge on any atom is 0.410 e. The Morgan fingerprint density at radius 2 is 1.73 bits per heavy atom. The van der Waals surface area contributed by atoms with Crippen molar-refractivity contribution in [3.05, 3.63) is 30.0 Å². The number of hydrogen-bond donors (Lipinski definition) is 1. The highest BCUT2D eigenvalue weighted by Gasteiger charge is 2.29. The number of hydrogen-bond acceptors (Lipinski definition) is 6. The molecule has 26 heavy (non-hydrogen) atoms. The van der Waals surface area contributed by atoms with E-state index >= 15 is 0 Å². The minimum Gasteiger partial charge on any atom is -0.476 e. The van der Waals surface area contributed by atoms with Crippen LogP contribution in [0.4, 0.5) is 10.5 Å². The number of fused-ring (bicyclic) bond motifs is 1. The highest BCUT2D eigenvalue weighted by Crippen LogP contribution is 2.29. The zero-order valence-electron chi connectivity index (χ0n) is 15.1. The quantitative estimate of drug-likeness (QED) is 0.880. The maximum atomic E-state index is 12.2. The molecule has 1 N–H and O–H groups in total. The van der Waals surface area contributed by atoms with Crippen LogP contribution in [0.1, 0.15) is 31.3 Å². The summed E-state index contributed by atoms with van der Waals surface area (Å²) in [6.45, 7) is 7.37. The third-order valence-electron chi connectivity index (χ3n) is 4.09. The molecule has 1 aliphatic heterocycles. The summed E-state index contributed by atoms with van der Waals surface area (Å²) >= 11 is 0. The summed E-state index contributed by atoms with van der Waals surface area (Å²) in [6, 6.07) is 7.32. The van der Waals surface area contributed by atoms with Crippen LogP contribution in [0.2, 0.25) is 0 Å². The SMILES string of the molecule is CC(C)(C)OC(=O)N1CCN(c2c(C(=O)O)nnc3ccccc23)CC1. The number of ether oxygens (including phenoxy) is 1. The number of aromatic nitrogens is 2. The van der Waals surface area contributed by atoms with Crippen molar-refractivity contribution in [2.75, 3.05) is 31.1 Å². The number of carbonyl (C=O) groups is 2. The van der Waals surface area contributed by atoms with Crippen LogP contribution in [-0.4, -0.2) is 64.0 Å². The third kappa shape index (κ3) is 3.68. The lowest BCUT2D eigenvalue weighted by Crippen LogP contribution is -2.50. The van der Waals surface area contributed by atoms with E-state index in [0.717, 1.165) is 5.39 Å². The van der Waals surface area contributed by atoms with Gasteiger partial charge in [0.15, 0.2) is 5.69 Å². The molecule has 1 aliphatic rings. The van der Waals surface area contributed by atoms with Crippen LogP contribution >= 0.6 is 0 Å². The number of anilines is 1. The summed E-state index contributed by atoms with van der Waals surface area (Å²) in [4.78, 5) is 27.4. The minimum atomic E-state index is -1.12. The minimum absolute atomic E-state index is 0.0746. The Morgan fingerprint density at radius 3 is 2.35 bits per heavy atom. The first-order valence-corrected chi connectivity index (χ1v) is 8.48. The van der Waals surface area contributed by atoms with Gasteiger partial charge >= 0.3 is 12.1 Å². The summed E-state index contributed by atoms with van der Waals surface area (Å²) in [5.74, 6) is -1.12. The number of carboxylic acids is 1. The van der Waals surface area contributed by atoms with E-state index < -0.39 is 11.6 Å². The molecule has 0 spiro atoms. The van der Waals surface area contributed by atoms with Crippen molar-refractivity contribution in [2.45, 2.75) is 26.4 Å². The second-order valence-electron chi connectivity index (χ2n) is 7.17. The predicted octanol–water partition coefficient (Wildman–Crippen LogP) is 2.39. The van der Waals surface area contributed by atoms with E-state index in [2.05, 4.69) is 10.2 Å². The molecule has 0 unspecified atom stereocenters. The van der Waals surface area contributed by atoms with Crippen molar-refractivity contribution in [2.24, 2.45) is 0 Å². The first kappa shape index (κ1) is 17.9. The molecule has 0 radical (unpaired) electrons. The van der Waals surface area contributed by atoms with Crippen molar-refractivity contribution in [3.63, 3.8) is 0 Å². The largest absolute Gasteiger partial charge is 0.476 e. The van der Waals surface area contributed by atoms with Crippen molar-refractivity contribution in [1.29, 1.82) is 0 Å². The number of rotatable bonds is 2. The van der Waals surface area contributed by atoms with E-state index in [4.69, 9.17) is 4.74 Å². The number of carbonyl (C=O) groups excluding carboxylic acids is 1. The Labute approximate surface area is 151 Å². The molecule has 2 aromatic rings. The first-order chi connectivity index (χ1) is 12.3. The molecule has 0 saturated carbocycles. The molecule has 1 saturated heterocycles. The number of piperazine rings is 1. The van der Waals surface area contributed by atoms with E-state index in [9.17, 15) is 14.7 Å². The molecular formula is C18H22N4O4. The lowest BCUT2D eigenvalue weighted by atomic mass is 10.1. The second-order valence-corrected chi connectivity index (χ2v) is 7.17. The number of amides is 1. The number of benzene rings is 1. The van der Waals surface area contributed by atoms with Gasteiger partial charge in [-0.25, -0.2) is 9.59 Å². The highest BCUT2D eigenvalue weighted by atomic mass is 16.6. The average molecular weight is 358 g/mol. The Kier molecular flexibility index (Phi) is 4.67. The van der Waals surface area contributed by atoms with Crippen LogP contribution in [0.25, 0.3) is 10.9 Å². The van der Waals surface area contributed by atoms with Crippen molar-refractivity contribution < 1.29 is 19.4 Å². The van der Waals surface area contributed by atoms with Gasteiger partial charge < -0.3 is 19.6 Å². The third-order valence-corrected chi connectivity index (χ3v) is 4.09. The molecule has 138 valence electrons. The van der Waals surface area contributed by atoms with Gasteiger partial charge in [0.2, 0.25) is 0 Å². The summed E-state index contributed by atoms with van der Waals surface area (Å²) in [6.07, 6.45) is -0.353. The van der Waals surface area contributed by atoms with Crippen molar-refractivity contribution >= 4 is 28.7 Å². The van der Waals surface area contributed by atoms with E-state index in [1.165, 1.54) is 0 Å². The fraction of sp³-hybridized carbons (Fsp3) is 0.444. The summed E-state index contributed by atoms with van der Waals surface area (Å²) in [5.41, 5.74) is 0.569. The number of nitrogens with zero attached hydrogens (tertiary/aromatic N) is 4. The van der Waals surface area contributed by atoms with Crippen LogP contribution in [0, 0.1) is 0 Å². The molecule has 8 heteroatoms. The molecule has 0 bridgehead atoms. The van der Waals surface area contributed by atoms with Gasteiger partial charge in [0.25, 0.3) is 0 Å². The molecule has 1 aromatic heterocycles. The zero-order chi connectivity index (χ0) is 18.9. The van der Waals surface area contributed by atoms with Gasteiger partial charge in [-0.15, -0.1) is 10.2 Å². The van der Waals surface area contributed by atoms with E-state index in [1.807, 2.05) is 43.9 Å². The molecular weight excluding hydrogens is 336 g/mol. The standard InChI is InChI=1S/C18H22N4O4/c1-18(2,3)26-17(25)22-10-8-21(9-11-22)15-12-6-4-5-7-13(12)19-20-14(15)16(23)24/h4-7H,8-11H2,1-3H3,(H,23,24). The Morgan fingerprint density at radius 1 is 1.08 bits per heavy atom. The van der Waals surface area contributed by atoms with E-state index in [0.29, 0.717) is 37.4 Å². The molecule has 1 aromatic carbocycles. The van der Waals surface area contributed by atoms with Gasteiger partial charge in [0.1, 0.15) is 5.60 Å². The van der Waals surface area contributed by atoms with Crippen molar-refractivity contribution in [1.82, 2.24) is 15.1 Å². The van der Waals surface area contributed by atoms with Crippen LogP contribution < -0.4 is 4.90 Å². The molecule has 8 nitrogen and oxygen atoms in total. The van der Waals surface area contributed by atoms with E-state index in [1.54, 1.807) is 11.0 Å². The maximum absolute atomic E-state index is 12.2. The molecule has 1 fully saturated rings. The molecule has 0 atom stereocenters. The lowest BCUT2D eigenvalue weighted by molar-refractivity contribution is 0.0240. The molecule has 3 rings (SSSR count). The smallest absolute Gasteiger partial charge is 0.410 e. The normalized spacial score (nSPS) is 15.2. The zero-order valence-corrected chi connectivity index (χ0v) is 15.1. The van der Waals surface area contributed by atoms with Crippen LogP contribution in [-0.2, 0) is 4.74 Å². The fourth-order valence-electron chi connectivity index (χ4n) is 2.94. The highest BCUT2D eigenvalue weighted by molar-refractivity contribution is 6.02. The van der Waals surface area contributed by atoms with Crippen LogP contribution in [0.3, 0.4) is 0 Å². The number of aromatic carboxylic acids is 1. The van der Waals surface area contributed by atoms with Gasteiger partial charge in [0.05, 0.1) is 11.2 Å². The fourth-order valence-corrected chi connectivity index (χ4v) is 2.94. The van der Waals surface area contributed by atoms with Gasteiger partial charge in [-0.2, -0.15) is 0 Å². The Bertz CT molecular complexity index is 839. The summed E-state index contributed by atoms with van der Waals surface area (Å²) in [5, 5.41) is 18.1. The van der Waals surface area contributed by atoms with Gasteiger partial charge in [-0.1, -0.05) is 18.2 Å². The van der Waals surface area contributed by atoms with Crippen LogP contribution in [0.15, 0.2) is 24.3 Å². The number of carboxylic acid groups (broad SMARTS) is 1. The van der Waals surface area contributed by atoms with Crippen molar-refractivity contribution in [3.8, 4) is 0 Å². The second kappa shape index (κ2) is 6.78. The van der Waals surface area contributed by atoms with Gasteiger partial charge in [-0.05, 0) is 26.8 Å².